The van der Waals surface area contributed by atoms with Crippen LogP contribution in [-0.4, -0.2) is 82.6 Å². The number of anilines is 2. The van der Waals surface area contributed by atoms with Gasteiger partial charge in [-0.2, -0.15) is 0 Å². The number of fused-ring (bicyclic) bond motifs is 1. The van der Waals surface area contributed by atoms with E-state index in [2.05, 4.69) is 21.4 Å². The predicted molar refractivity (Wildman–Crippen MR) is 125 cm³/mol. The largest absolute Gasteiger partial charge is 0.358 e. The number of nitrogens with zero attached hydrogens (tertiary/aromatic N) is 3. The predicted octanol–water partition coefficient (Wildman–Crippen LogP) is -0.403. The van der Waals surface area contributed by atoms with Crippen LogP contribution >= 0.6 is 0 Å². The van der Waals surface area contributed by atoms with Gasteiger partial charge in [-0.05, 0) is 31.0 Å². The number of aldehydes is 1. The fourth-order valence-electron chi connectivity index (χ4n) is 3.94. The van der Waals surface area contributed by atoms with Gasteiger partial charge in [0.1, 0.15) is 12.3 Å². The summed E-state index contributed by atoms with van der Waals surface area (Å²) < 4.78 is 0. The molecular weight excluding hydrogens is 474 g/mol. The van der Waals surface area contributed by atoms with Crippen molar-refractivity contribution in [2.45, 2.75) is 39.2 Å². The maximum absolute atomic E-state index is 13.4. The average Bonchev–Trinajstić information content (AvgIpc) is 2.95. The van der Waals surface area contributed by atoms with Gasteiger partial charge >= 0.3 is 6.03 Å². The van der Waals surface area contributed by atoms with Gasteiger partial charge in [0.2, 0.25) is 23.6 Å². The van der Waals surface area contributed by atoms with Gasteiger partial charge in [-0.15, -0.1) is 0 Å². The summed E-state index contributed by atoms with van der Waals surface area (Å²) in [6.45, 7) is 2.41. The third-order valence-corrected chi connectivity index (χ3v) is 5.47. The maximum Gasteiger partial charge on any atom is 0.358 e. The zero-order valence-electron chi connectivity index (χ0n) is 19.8. The molecule has 36 heavy (non-hydrogen) atoms. The fourth-order valence-corrected chi connectivity index (χ4v) is 3.94. The van der Waals surface area contributed by atoms with E-state index in [1.165, 1.54) is 37.1 Å². The lowest BCUT2D eigenvalue weighted by Gasteiger charge is -2.42. The zero-order chi connectivity index (χ0) is 26.4. The van der Waals surface area contributed by atoms with Gasteiger partial charge in [-0.3, -0.25) is 29.4 Å². The van der Waals surface area contributed by atoms with Gasteiger partial charge < -0.3 is 20.7 Å². The van der Waals surface area contributed by atoms with Gasteiger partial charge in [0.15, 0.2) is 0 Å². The molecule has 2 aliphatic heterocycles. The SMILES string of the molecule is CC(=O)Nc1ccc(C(=O)NN2CCC(=O)N3CCCC(C(=O)NCC=O)N3C2=O)cc1NC(C)=O. The van der Waals surface area contributed by atoms with E-state index < -0.39 is 29.8 Å². The number of carbonyl (C=O) groups is 7. The fraction of sp³-hybridized carbons (Fsp3) is 0.409. The number of benzene rings is 1. The van der Waals surface area contributed by atoms with Gasteiger partial charge in [0, 0.05) is 32.4 Å². The van der Waals surface area contributed by atoms with E-state index in [1.54, 1.807) is 0 Å². The molecule has 0 aromatic heterocycles. The molecule has 1 atom stereocenters. The molecule has 3 rings (SSSR count). The van der Waals surface area contributed by atoms with Crippen molar-refractivity contribution in [1.82, 2.24) is 25.8 Å². The molecule has 2 aliphatic rings. The Morgan fingerprint density at radius 1 is 1.03 bits per heavy atom. The van der Waals surface area contributed by atoms with Crippen LogP contribution in [0.25, 0.3) is 0 Å². The molecule has 1 aromatic carbocycles. The molecule has 2 heterocycles. The van der Waals surface area contributed by atoms with Crippen molar-refractivity contribution in [3.8, 4) is 0 Å². The minimum absolute atomic E-state index is 0.0620. The third-order valence-electron chi connectivity index (χ3n) is 5.47. The van der Waals surface area contributed by atoms with Crippen LogP contribution in [0.4, 0.5) is 16.2 Å². The molecule has 14 nitrogen and oxygen atoms in total. The second kappa shape index (κ2) is 11.3. The summed E-state index contributed by atoms with van der Waals surface area (Å²) in [7, 11) is 0. The van der Waals surface area contributed by atoms with Crippen LogP contribution in [0, 0.1) is 0 Å². The topological polar surface area (TPSA) is 177 Å². The Hall–Kier alpha value is -4.49. The van der Waals surface area contributed by atoms with Gasteiger partial charge in [-0.25, -0.2) is 19.8 Å². The number of hydrogen-bond donors (Lipinski definition) is 4. The molecule has 192 valence electrons. The first-order valence-electron chi connectivity index (χ1n) is 11.2. The van der Waals surface area contributed by atoms with Crippen LogP contribution in [-0.2, 0) is 24.0 Å². The normalized spacial score (nSPS) is 17.5. The van der Waals surface area contributed by atoms with E-state index in [9.17, 15) is 33.6 Å². The van der Waals surface area contributed by atoms with Crippen molar-refractivity contribution < 1.29 is 33.6 Å². The lowest BCUT2D eigenvalue weighted by molar-refractivity contribution is -0.155. The highest BCUT2D eigenvalue weighted by molar-refractivity contribution is 6.02. The number of carbonyl (C=O) groups excluding carboxylic acids is 7. The molecule has 0 spiro atoms. The zero-order valence-corrected chi connectivity index (χ0v) is 19.8. The molecule has 0 bridgehead atoms. The summed E-state index contributed by atoms with van der Waals surface area (Å²) >= 11 is 0. The standard InChI is InChI=1S/C22H27N7O7/c1-13(31)24-16-6-5-15(12-17(16)25-14(2)32)20(34)26-27-10-7-19(33)28-9-3-4-18(29(28)22(27)36)21(35)23-8-11-30/h5-6,11-12,18H,3-4,7-10H2,1-2H3,(H,23,35)(H,24,31)(H,25,32)(H,26,34). The highest BCUT2D eigenvalue weighted by atomic mass is 16.2. The molecule has 2 saturated heterocycles. The van der Waals surface area contributed by atoms with Crippen molar-refractivity contribution in [3.63, 3.8) is 0 Å². The van der Waals surface area contributed by atoms with E-state index in [1.807, 2.05) is 0 Å². The van der Waals surface area contributed by atoms with Crippen molar-refractivity contribution in [2.24, 2.45) is 0 Å². The first-order chi connectivity index (χ1) is 17.1. The molecule has 1 unspecified atom stereocenters. The van der Waals surface area contributed by atoms with Crippen LogP contribution in [0.3, 0.4) is 0 Å². The molecule has 2 fully saturated rings. The van der Waals surface area contributed by atoms with Crippen molar-refractivity contribution in [1.29, 1.82) is 0 Å². The number of hydrazine groups is 2. The van der Waals surface area contributed by atoms with Crippen LogP contribution < -0.4 is 21.4 Å². The summed E-state index contributed by atoms with van der Waals surface area (Å²) in [4.78, 5) is 85.3. The summed E-state index contributed by atoms with van der Waals surface area (Å²) in [5.74, 6) is -2.50. The summed E-state index contributed by atoms with van der Waals surface area (Å²) in [6.07, 6.45) is 1.16. The molecular formula is C22H27N7O7. The number of rotatable bonds is 7. The Bertz CT molecular complexity index is 1110. The van der Waals surface area contributed by atoms with Crippen molar-refractivity contribution >= 4 is 53.2 Å². The smallest absolute Gasteiger partial charge is 0.347 e. The summed E-state index contributed by atoms with van der Waals surface area (Å²) in [5, 5.41) is 10.6. The second-order valence-electron chi connectivity index (χ2n) is 8.18. The lowest BCUT2D eigenvalue weighted by Crippen LogP contribution is -2.64. The molecule has 4 N–H and O–H groups in total. The molecule has 14 heteroatoms. The Morgan fingerprint density at radius 2 is 1.72 bits per heavy atom. The molecule has 0 saturated carbocycles. The molecule has 0 radical (unpaired) electrons. The van der Waals surface area contributed by atoms with Crippen molar-refractivity contribution in [3.05, 3.63) is 23.8 Å². The van der Waals surface area contributed by atoms with E-state index in [0.29, 0.717) is 12.7 Å². The molecule has 7 amide bonds. The van der Waals surface area contributed by atoms with E-state index in [-0.39, 0.29) is 61.2 Å². The monoisotopic (exact) mass is 501 g/mol. The van der Waals surface area contributed by atoms with E-state index in [4.69, 9.17) is 0 Å². The Morgan fingerprint density at radius 3 is 2.39 bits per heavy atom. The Kier molecular flexibility index (Phi) is 8.19. The van der Waals surface area contributed by atoms with Gasteiger partial charge in [0.05, 0.1) is 24.5 Å². The van der Waals surface area contributed by atoms with Crippen molar-refractivity contribution in [2.75, 3.05) is 30.3 Å². The number of nitrogens with one attached hydrogen (secondary N) is 4. The number of amides is 7. The second-order valence-corrected chi connectivity index (χ2v) is 8.18. The number of urea groups is 1. The highest BCUT2D eigenvalue weighted by Crippen LogP contribution is 2.25. The van der Waals surface area contributed by atoms with E-state index >= 15 is 0 Å². The van der Waals surface area contributed by atoms with Crippen LogP contribution in [0.1, 0.15) is 43.5 Å². The van der Waals surface area contributed by atoms with Crippen LogP contribution in [0.2, 0.25) is 0 Å². The quantitative estimate of drug-likeness (QED) is 0.367. The van der Waals surface area contributed by atoms with E-state index in [0.717, 1.165) is 10.0 Å². The third kappa shape index (κ3) is 5.95. The maximum atomic E-state index is 13.4. The van der Waals surface area contributed by atoms with Crippen LogP contribution in [0.15, 0.2) is 18.2 Å². The number of hydrogen-bond acceptors (Lipinski definition) is 7. The molecule has 1 aromatic rings. The Labute approximate surface area is 206 Å². The molecule has 0 aliphatic carbocycles. The lowest BCUT2D eigenvalue weighted by atomic mass is 10.1. The summed E-state index contributed by atoms with van der Waals surface area (Å²) in [5.41, 5.74) is 2.97. The Balaban J connectivity index is 1.84. The highest BCUT2D eigenvalue weighted by Gasteiger charge is 2.43. The van der Waals surface area contributed by atoms with Crippen LogP contribution in [0.5, 0.6) is 0 Å². The minimum atomic E-state index is -1.03. The van der Waals surface area contributed by atoms with Gasteiger partial charge in [-0.1, -0.05) is 0 Å². The summed E-state index contributed by atoms with van der Waals surface area (Å²) in [6, 6.07) is 2.34. The first-order valence-corrected chi connectivity index (χ1v) is 11.2. The van der Waals surface area contributed by atoms with Gasteiger partial charge in [0.25, 0.3) is 5.91 Å². The average molecular weight is 502 g/mol. The first kappa shape index (κ1) is 26.1. The minimum Gasteiger partial charge on any atom is -0.347 e.